The van der Waals surface area contributed by atoms with E-state index in [2.05, 4.69) is 15.3 Å². The molecule has 3 aromatic rings. The van der Waals surface area contributed by atoms with Crippen molar-refractivity contribution >= 4 is 34.2 Å². The van der Waals surface area contributed by atoms with Crippen molar-refractivity contribution in [2.24, 2.45) is 5.92 Å². The fraction of sp³-hybridized carbons (Fsp3) is 0.300. The molecule has 1 saturated carbocycles. The maximum Gasteiger partial charge on any atom is 0.227 e. The number of carbonyl (C=O) groups is 1. The number of benzene rings is 2. The highest BCUT2D eigenvalue weighted by atomic mass is 35.5. The van der Waals surface area contributed by atoms with Crippen LogP contribution in [0, 0.1) is 5.92 Å². The second-order valence-electron chi connectivity index (χ2n) is 6.65. The summed E-state index contributed by atoms with van der Waals surface area (Å²) in [6.07, 6.45) is 5.58. The van der Waals surface area contributed by atoms with Gasteiger partial charge >= 0.3 is 0 Å². The van der Waals surface area contributed by atoms with Crippen molar-refractivity contribution in [3.05, 3.63) is 47.5 Å². The maximum atomic E-state index is 12.3. The molecule has 0 spiro atoms. The lowest BCUT2D eigenvalue weighted by atomic mass is 9.88. The third-order valence-corrected chi connectivity index (χ3v) is 5.08. The van der Waals surface area contributed by atoms with Gasteiger partial charge < -0.3 is 10.3 Å². The predicted octanol–water partition coefficient (Wildman–Crippen LogP) is 5.40. The molecule has 0 radical (unpaired) electrons. The van der Waals surface area contributed by atoms with E-state index in [4.69, 9.17) is 11.6 Å². The van der Waals surface area contributed by atoms with Crippen molar-refractivity contribution in [3.8, 4) is 11.4 Å². The van der Waals surface area contributed by atoms with Gasteiger partial charge in [0, 0.05) is 22.2 Å². The number of hydrogen-bond acceptors (Lipinski definition) is 2. The molecule has 2 N–H and O–H groups in total. The van der Waals surface area contributed by atoms with E-state index in [-0.39, 0.29) is 11.8 Å². The number of nitrogens with one attached hydrogen (secondary N) is 2. The van der Waals surface area contributed by atoms with Crippen LogP contribution in [0.4, 0.5) is 5.69 Å². The molecule has 0 saturated heterocycles. The number of anilines is 1. The summed E-state index contributed by atoms with van der Waals surface area (Å²) in [6.45, 7) is 0. The Morgan fingerprint density at radius 2 is 1.84 bits per heavy atom. The van der Waals surface area contributed by atoms with Crippen LogP contribution in [0.15, 0.2) is 42.5 Å². The van der Waals surface area contributed by atoms with Gasteiger partial charge in [-0.3, -0.25) is 4.79 Å². The number of H-pyrrole nitrogens is 1. The van der Waals surface area contributed by atoms with Crippen LogP contribution in [0.5, 0.6) is 0 Å². The third kappa shape index (κ3) is 3.54. The minimum absolute atomic E-state index is 0.144. The Bertz CT molecular complexity index is 895. The summed E-state index contributed by atoms with van der Waals surface area (Å²) in [4.78, 5) is 20.2. The molecule has 1 aliphatic rings. The Hall–Kier alpha value is -2.33. The number of halogens is 1. The van der Waals surface area contributed by atoms with E-state index < -0.39 is 0 Å². The number of hydrogen-bond donors (Lipinski definition) is 2. The second-order valence-corrected chi connectivity index (χ2v) is 7.08. The van der Waals surface area contributed by atoms with Crippen molar-refractivity contribution < 1.29 is 4.79 Å². The summed E-state index contributed by atoms with van der Waals surface area (Å²) in [6, 6.07) is 13.4. The van der Waals surface area contributed by atoms with Gasteiger partial charge in [0.15, 0.2) is 0 Å². The quantitative estimate of drug-likeness (QED) is 0.662. The van der Waals surface area contributed by atoms with Gasteiger partial charge in [-0.2, -0.15) is 0 Å². The number of imidazole rings is 1. The van der Waals surface area contributed by atoms with E-state index in [0.717, 1.165) is 53.8 Å². The predicted molar refractivity (Wildman–Crippen MR) is 102 cm³/mol. The lowest BCUT2D eigenvalue weighted by molar-refractivity contribution is -0.120. The molecular weight excluding hydrogens is 334 g/mol. The topological polar surface area (TPSA) is 57.8 Å². The second kappa shape index (κ2) is 6.89. The molecule has 5 heteroatoms. The number of aromatic nitrogens is 2. The van der Waals surface area contributed by atoms with Crippen molar-refractivity contribution in [1.82, 2.24) is 9.97 Å². The first kappa shape index (κ1) is 16.2. The Labute approximate surface area is 151 Å². The van der Waals surface area contributed by atoms with Crippen LogP contribution in [0.2, 0.25) is 5.02 Å². The molecule has 0 aliphatic heterocycles. The van der Waals surface area contributed by atoms with Gasteiger partial charge in [-0.15, -0.1) is 0 Å². The molecule has 1 aliphatic carbocycles. The van der Waals surface area contributed by atoms with Gasteiger partial charge in [0.2, 0.25) is 5.91 Å². The minimum Gasteiger partial charge on any atom is -0.338 e. The van der Waals surface area contributed by atoms with Gasteiger partial charge in [0.05, 0.1) is 11.0 Å². The first-order valence-electron chi connectivity index (χ1n) is 8.75. The molecule has 25 heavy (non-hydrogen) atoms. The average Bonchev–Trinajstić information content (AvgIpc) is 3.06. The van der Waals surface area contributed by atoms with Crippen molar-refractivity contribution in [2.45, 2.75) is 32.1 Å². The van der Waals surface area contributed by atoms with E-state index >= 15 is 0 Å². The fourth-order valence-electron chi connectivity index (χ4n) is 3.44. The van der Waals surface area contributed by atoms with Crippen LogP contribution in [0.1, 0.15) is 32.1 Å². The van der Waals surface area contributed by atoms with Gasteiger partial charge in [-0.25, -0.2) is 4.98 Å². The standard InChI is InChI=1S/C20H20ClN3O/c21-15-8-11-17-18(12-15)24-19(23-17)13-6-9-16(10-7-13)22-20(25)14-4-2-1-3-5-14/h6-12,14H,1-5H2,(H,22,25)(H,23,24). The summed E-state index contributed by atoms with van der Waals surface area (Å²) in [5.41, 5.74) is 3.60. The molecule has 0 unspecified atom stereocenters. The number of carbonyl (C=O) groups excluding carboxylic acids is 1. The molecule has 4 rings (SSSR count). The number of amides is 1. The monoisotopic (exact) mass is 353 g/mol. The van der Waals surface area contributed by atoms with Crippen LogP contribution in [0.3, 0.4) is 0 Å². The zero-order valence-electron chi connectivity index (χ0n) is 13.9. The van der Waals surface area contributed by atoms with Crippen LogP contribution in [0.25, 0.3) is 22.4 Å². The lowest BCUT2D eigenvalue weighted by Gasteiger charge is -2.20. The summed E-state index contributed by atoms with van der Waals surface area (Å²) < 4.78 is 0. The smallest absolute Gasteiger partial charge is 0.227 e. The van der Waals surface area contributed by atoms with Crippen LogP contribution >= 0.6 is 11.6 Å². The summed E-state index contributed by atoms with van der Waals surface area (Å²) >= 11 is 6.02. The maximum absolute atomic E-state index is 12.3. The van der Waals surface area contributed by atoms with Crippen LogP contribution in [-0.2, 0) is 4.79 Å². The van der Waals surface area contributed by atoms with Crippen molar-refractivity contribution in [3.63, 3.8) is 0 Å². The number of aromatic amines is 1. The highest BCUT2D eigenvalue weighted by molar-refractivity contribution is 6.31. The van der Waals surface area contributed by atoms with Crippen LogP contribution < -0.4 is 5.32 Å². The Morgan fingerprint density at radius 1 is 1.08 bits per heavy atom. The van der Waals surface area contributed by atoms with E-state index in [1.165, 1.54) is 6.42 Å². The number of rotatable bonds is 3. The number of nitrogens with zero attached hydrogens (tertiary/aromatic N) is 1. The zero-order chi connectivity index (χ0) is 17.2. The molecule has 0 atom stereocenters. The number of fused-ring (bicyclic) bond motifs is 1. The van der Waals surface area contributed by atoms with E-state index in [1.807, 2.05) is 42.5 Å². The molecule has 0 bridgehead atoms. The van der Waals surface area contributed by atoms with E-state index in [0.29, 0.717) is 5.02 Å². The van der Waals surface area contributed by atoms with Crippen LogP contribution in [-0.4, -0.2) is 15.9 Å². The van der Waals surface area contributed by atoms with Crippen molar-refractivity contribution in [1.29, 1.82) is 0 Å². The Balaban J connectivity index is 1.49. The summed E-state index contributed by atoms with van der Waals surface area (Å²) in [7, 11) is 0. The largest absolute Gasteiger partial charge is 0.338 e. The third-order valence-electron chi connectivity index (χ3n) is 4.85. The first-order chi connectivity index (χ1) is 12.2. The highest BCUT2D eigenvalue weighted by Crippen LogP contribution is 2.26. The molecule has 2 aromatic carbocycles. The minimum atomic E-state index is 0.144. The van der Waals surface area contributed by atoms with E-state index in [1.54, 1.807) is 0 Å². The molecule has 128 valence electrons. The fourth-order valence-corrected chi connectivity index (χ4v) is 3.61. The summed E-state index contributed by atoms with van der Waals surface area (Å²) in [5.74, 6) is 1.10. The molecule has 1 heterocycles. The van der Waals surface area contributed by atoms with E-state index in [9.17, 15) is 4.79 Å². The van der Waals surface area contributed by atoms with Gasteiger partial charge in [-0.1, -0.05) is 30.9 Å². The first-order valence-corrected chi connectivity index (χ1v) is 9.13. The summed E-state index contributed by atoms with van der Waals surface area (Å²) in [5, 5.41) is 3.72. The van der Waals surface area contributed by atoms with Gasteiger partial charge in [0.25, 0.3) is 0 Å². The SMILES string of the molecule is O=C(Nc1ccc(-c2nc3ccc(Cl)cc3[nH]2)cc1)C1CCCCC1. The molecule has 4 nitrogen and oxygen atoms in total. The van der Waals surface area contributed by atoms with Gasteiger partial charge in [-0.05, 0) is 55.3 Å². The zero-order valence-corrected chi connectivity index (χ0v) is 14.6. The normalized spacial score (nSPS) is 15.4. The average molecular weight is 354 g/mol. The Kier molecular flexibility index (Phi) is 4.45. The lowest BCUT2D eigenvalue weighted by Crippen LogP contribution is -2.24. The molecule has 1 fully saturated rings. The molecule has 1 aromatic heterocycles. The van der Waals surface area contributed by atoms with Gasteiger partial charge in [0.1, 0.15) is 5.82 Å². The highest BCUT2D eigenvalue weighted by Gasteiger charge is 2.21. The van der Waals surface area contributed by atoms with Crippen molar-refractivity contribution in [2.75, 3.05) is 5.32 Å². The molecular formula is C20H20ClN3O. The Morgan fingerprint density at radius 3 is 2.60 bits per heavy atom. The molecule has 1 amide bonds.